The number of fused-ring (bicyclic) bond motifs is 6. The van der Waals surface area contributed by atoms with Crippen molar-refractivity contribution in [2.24, 2.45) is 34.5 Å². The first-order valence-electron chi connectivity index (χ1n) is 31.5. The highest BCUT2D eigenvalue weighted by Crippen LogP contribution is 2.64. The minimum absolute atomic E-state index is 0.0236. The van der Waals surface area contributed by atoms with Crippen LogP contribution in [0.1, 0.15) is 132 Å². The van der Waals surface area contributed by atoms with E-state index >= 15 is 9.59 Å². The monoisotopic (exact) mass is 1270 g/mol. The normalized spacial score (nSPS) is 28.7. The number of hydrogen-bond acceptors (Lipinski definition) is 20. The summed E-state index contributed by atoms with van der Waals surface area (Å²) >= 11 is 0. The molecule has 0 radical (unpaired) electrons. The van der Waals surface area contributed by atoms with Crippen LogP contribution in [0, 0.1) is 46.3 Å². The Morgan fingerprint density at radius 1 is 0.750 bits per heavy atom. The predicted octanol–water partition coefficient (Wildman–Crippen LogP) is 5.77. The molecule has 23 heteroatoms. The van der Waals surface area contributed by atoms with Crippen molar-refractivity contribution in [3.05, 3.63) is 119 Å². The average Bonchev–Trinajstić information content (AvgIpc) is 0.816. The first-order valence-corrected chi connectivity index (χ1v) is 31.5. The molecule has 23 nitrogen and oxygen atoms in total. The molecule has 0 spiro atoms. The van der Waals surface area contributed by atoms with Gasteiger partial charge in [0.15, 0.2) is 17.5 Å². The fraction of sp³-hybridized carbons (Fsp3) is 0.551. The fourth-order valence-electron chi connectivity index (χ4n) is 14.3. The highest BCUT2D eigenvalue weighted by molar-refractivity contribution is 5.96. The second-order valence-electron chi connectivity index (χ2n) is 25.2. The zero-order valence-electron chi connectivity index (χ0n) is 52.8. The molecule has 3 aromatic rings. The summed E-state index contributed by atoms with van der Waals surface area (Å²) in [4.78, 5) is 126. The molecule has 3 aromatic carbocycles. The van der Waals surface area contributed by atoms with Gasteiger partial charge in [-0.05, 0) is 91.8 Å². The zero-order valence-corrected chi connectivity index (χ0v) is 52.8. The number of Topliss-reactive ketones (excluding diaryl/α,β-unsaturated/α-hetero) is 1. The van der Waals surface area contributed by atoms with E-state index in [1.807, 2.05) is 0 Å². The van der Waals surface area contributed by atoms with Gasteiger partial charge in [-0.2, -0.15) is 0 Å². The number of benzene rings is 3. The number of amides is 3. The molecule has 3 saturated carbocycles. The molecule has 2 unspecified atom stereocenters. The van der Waals surface area contributed by atoms with Crippen LogP contribution in [0.25, 0.3) is 0 Å². The van der Waals surface area contributed by atoms with Crippen molar-refractivity contribution in [3.63, 3.8) is 0 Å². The Balaban J connectivity index is 0.909. The smallest absolute Gasteiger partial charge is 0.407 e. The molecule has 6 aliphatic rings. The van der Waals surface area contributed by atoms with E-state index in [4.69, 9.17) is 42.6 Å². The van der Waals surface area contributed by atoms with E-state index in [2.05, 4.69) is 27.8 Å². The molecule has 2 bridgehead atoms. The van der Waals surface area contributed by atoms with Crippen LogP contribution in [0.4, 0.5) is 4.79 Å². The maximum atomic E-state index is 15.9. The fourth-order valence-corrected chi connectivity index (χ4v) is 14.3. The summed E-state index contributed by atoms with van der Waals surface area (Å²) in [5.41, 5.74) is -7.75. The minimum atomic E-state index is -2.51. The number of carbonyl (C=O) groups excluding carboxylic acids is 9. The number of ether oxygens (including phenoxy) is 9. The third kappa shape index (κ3) is 14.9. The maximum absolute atomic E-state index is 15.9. The molecule has 1 saturated heterocycles. The van der Waals surface area contributed by atoms with Crippen LogP contribution in [0.2, 0.25) is 0 Å². The molecular weight excluding hydrogens is 1190 g/mol. The van der Waals surface area contributed by atoms with Crippen molar-refractivity contribution in [2.75, 3.05) is 52.7 Å². The number of aliphatic hydroxyl groups excluding tert-OH is 1. The third-order valence-corrected chi connectivity index (χ3v) is 19.2. The topological polar surface area (TPSA) is 313 Å². The lowest BCUT2D eigenvalue weighted by atomic mass is 9.44. The molecule has 5 N–H and O–H groups in total. The molecule has 1 heterocycles. The molecule has 92 heavy (non-hydrogen) atoms. The van der Waals surface area contributed by atoms with Crippen LogP contribution in [0.3, 0.4) is 0 Å². The largest absolute Gasteiger partial charge is 0.455 e. The van der Waals surface area contributed by atoms with Crippen LogP contribution in [-0.4, -0.2) is 164 Å². The Kier molecular flexibility index (Phi) is 22.1. The van der Waals surface area contributed by atoms with Crippen molar-refractivity contribution in [1.82, 2.24) is 16.0 Å². The molecular formula is C69H83N3O20. The number of carbonyl (C=O) groups is 9. The third-order valence-electron chi connectivity index (χ3n) is 19.2. The molecule has 3 amide bonds. The minimum Gasteiger partial charge on any atom is -0.455 e. The van der Waals surface area contributed by atoms with E-state index in [-0.39, 0.29) is 93.2 Å². The lowest BCUT2D eigenvalue weighted by molar-refractivity contribution is -0.346. The van der Waals surface area contributed by atoms with E-state index in [0.29, 0.717) is 24.4 Å². The second kappa shape index (κ2) is 29.7. The Morgan fingerprint density at radius 3 is 1.96 bits per heavy atom. The summed E-state index contributed by atoms with van der Waals surface area (Å²) in [6.45, 7) is 9.42. The Hall–Kier alpha value is -8.01. The van der Waals surface area contributed by atoms with Gasteiger partial charge < -0.3 is 68.8 Å². The SMILES string of the molecule is CC(=O)O[C@H]1C(=O)[C@@]2(C)C([C@H](OC(=O)c3ccccc3)[C@]3(O)C[C@H](OC(=O)[C@H](OC(=O)CCCC(=O)NCCOCCOCCNC(=O)OCC4[C@H]5CCC#CCC[C@@H]45)[C@@H](NC(=O)c4ccccc4)c4ccccc4)C(C)=C1C3(C)C)[C@]1(OC(C)=O)CO[C@@H]1C[C@@H]2O. The van der Waals surface area contributed by atoms with Gasteiger partial charge in [-0.15, -0.1) is 11.8 Å². The Labute approximate surface area is 534 Å². The van der Waals surface area contributed by atoms with Crippen molar-refractivity contribution in [1.29, 1.82) is 0 Å². The lowest BCUT2D eigenvalue weighted by Crippen LogP contribution is -2.82. The van der Waals surface area contributed by atoms with Gasteiger partial charge in [0.25, 0.3) is 5.91 Å². The average molecular weight is 1270 g/mol. The summed E-state index contributed by atoms with van der Waals surface area (Å²) in [6.07, 6.45) is -8.31. The number of rotatable bonds is 26. The van der Waals surface area contributed by atoms with E-state index in [9.17, 15) is 43.8 Å². The number of nitrogens with one attached hydrogen (secondary N) is 3. The Bertz CT molecular complexity index is 3280. The number of hydrogen-bond donors (Lipinski definition) is 5. The van der Waals surface area contributed by atoms with Gasteiger partial charge in [0.1, 0.15) is 30.0 Å². The first-order chi connectivity index (χ1) is 44.0. The van der Waals surface area contributed by atoms with Gasteiger partial charge in [0.2, 0.25) is 12.0 Å². The van der Waals surface area contributed by atoms with Gasteiger partial charge in [-0.25, -0.2) is 14.4 Å². The molecule has 14 atom stereocenters. The van der Waals surface area contributed by atoms with E-state index in [1.165, 1.54) is 52.0 Å². The van der Waals surface area contributed by atoms with Crippen LogP contribution in [0.15, 0.2) is 102 Å². The van der Waals surface area contributed by atoms with E-state index < -0.39 is 137 Å². The van der Waals surface area contributed by atoms with Crippen LogP contribution in [-0.2, 0) is 71.4 Å². The van der Waals surface area contributed by atoms with Crippen LogP contribution in [0.5, 0.6) is 0 Å². The van der Waals surface area contributed by atoms with Crippen molar-refractivity contribution in [3.8, 4) is 11.8 Å². The number of ketones is 1. The second-order valence-corrected chi connectivity index (χ2v) is 25.2. The summed E-state index contributed by atoms with van der Waals surface area (Å²) in [5, 5.41) is 34.6. The molecule has 9 rings (SSSR count). The zero-order chi connectivity index (χ0) is 66.0. The summed E-state index contributed by atoms with van der Waals surface area (Å²) < 4.78 is 53.7. The van der Waals surface area contributed by atoms with Gasteiger partial charge in [0.05, 0.1) is 62.6 Å². The van der Waals surface area contributed by atoms with Gasteiger partial charge >= 0.3 is 35.9 Å². The number of alkyl carbamates (subject to hydrolysis) is 1. The predicted molar refractivity (Wildman–Crippen MR) is 326 cm³/mol. The molecule has 4 fully saturated rings. The summed E-state index contributed by atoms with van der Waals surface area (Å²) in [7, 11) is 0. The summed E-state index contributed by atoms with van der Waals surface area (Å²) in [6, 6.07) is 22.5. The summed E-state index contributed by atoms with van der Waals surface area (Å²) in [5.74, 6) is -0.705. The first kappa shape index (κ1) is 68.4. The number of aliphatic hydroxyl groups is 2. The van der Waals surface area contributed by atoms with E-state index in [0.717, 1.165) is 39.5 Å². The molecule has 0 aromatic heterocycles. The molecule has 5 aliphatic carbocycles. The van der Waals surface area contributed by atoms with Crippen molar-refractivity contribution < 1.29 is 96.0 Å². The van der Waals surface area contributed by atoms with Gasteiger partial charge in [-0.1, -0.05) is 80.6 Å². The van der Waals surface area contributed by atoms with Crippen LogP contribution >= 0.6 is 0 Å². The molecule has 494 valence electrons. The van der Waals surface area contributed by atoms with Crippen molar-refractivity contribution >= 4 is 53.5 Å². The highest BCUT2D eigenvalue weighted by Gasteiger charge is 2.78. The van der Waals surface area contributed by atoms with Gasteiger partial charge in [-0.3, -0.25) is 28.8 Å². The van der Waals surface area contributed by atoms with E-state index in [1.54, 1.807) is 66.7 Å². The Morgan fingerprint density at radius 2 is 1.36 bits per heavy atom. The number of esters is 5. The van der Waals surface area contributed by atoms with Gasteiger partial charge in [0, 0.05) is 76.4 Å². The standard InChI is InChI=1S/C69H83N3O20/c1-41-50(38-69(83)61(91-63(80)46-25-16-11-17-26-46)59-67(6,51(75)37-52-68(59,40-87-52)92-43(3)74)60(78)57(88-42(2)73)55(41)66(69,4)5)89-64(81)58(56(44-21-12-9-13-22-44)72-62(79)45-23-14-10-15-24-45)90-54(77)30-20-29-53(76)70-31-33-84-35-36-85-34-32-71-65(82)86-39-49-47-27-18-7-8-19-28-48(47)49/h9-17,21-26,47-52,56-59,61,75,83H,18-20,27-40H2,1-6H3,(H,70,76)(H,71,82)(H,72,79)/t47-,48+,49?,50-,51-,52+,56-,57+,58+,59?,61-,67+,68-,69+/m0/s1. The van der Waals surface area contributed by atoms with Crippen LogP contribution < -0.4 is 16.0 Å². The lowest BCUT2D eigenvalue weighted by Gasteiger charge is -2.67. The van der Waals surface area contributed by atoms with Crippen molar-refractivity contribution in [2.45, 2.75) is 153 Å². The molecule has 1 aliphatic heterocycles. The highest BCUT2D eigenvalue weighted by atomic mass is 16.6. The maximum Gasteiger partial charge on any atom is 0.407 e. The quantitative estimate of drug-likeness (QED) is 0.0209.